The molecule has 1 amide bonds. The Morgan fingerprint density at radius 2 is 1.83 bits per heavy atom. The molecule has 0 bridgehead atoms. The summed E-state index contributed by atoms with van der Waals surface area (Å²) < 4.78 is 40.0. The van der Waals surface area contributed by atoms with E-state index in [2.05, 4.69) is 20.8 Å². The first-order valence-electron chi connectivity index (χ1n) is 11.9. The Kier molecular flexibility index (Phi) is 5.91. The topological polar surface area (TPSA) is 70.2 Å². The molecule has 1 spiro atoms. The van der Waals surface area contributed by atoms with E-state index in [0.29, 0.717) is 17.9 Å². The molecule has 3 aromatic rings. The summed E-state index contributed by atoms with van der Waals surface area (Å²) in [4.78, 5) is 15.3. The molecule has 2 aromatic carbocycles. The summed E-state index contributed by atoms with van der Waals surface area (Å²) in [6, 6.07) is 10.0. The number of hydrogen-bond donors (Lipinski definition) is 2. The number of amides is 1. The van der Waals surface area contributed by atoms with Gasteiger partial charge in [-0.25, -0.2) is 0 Å². The standard InChI is InChI=1S/C26H28F3N5O/c1-16-18(4-3-5-22(16)26(27,28)29)15-31-23-21-14-19(6-7-20(21)17(2)32-33-23)34-13-10-25(24(34)35)8-11-30-12-9-25/h3-7,14,30H,8-13,15H2,1-2H3,(H,31,33). The molecule has 0 aliphatic carbocycles. The van der Waals surface area contributed by atoms with Gasteiger partial charge in [-0.05, 0) is 75.5 Å². The SMILES string of the molecule is Cc1c(CNc2nnc(C)c3ccc(N4CCC5(CCNCC5)C4=O)cc23)cccc1C(F)(F)F. The number of anilines is 2. The van der Waals surface area contributed by atoms with Crippen LogP contribution in [0.1, 0.15) is 41.6 Å². The van der Waals surface area contributed by atoms with Crippen LogP contribution in [-0.2, 0) is 17.5 Å². The molecule has 0 atom stereocenters. The lowest BCUT2D eigenvalue weighted by Crippen LogP contribution is -2.42. The van der Waals surface area contributed by atoms with Gasteiger partial charge < -0.3 is 15.5 Å². The molecule has 5 rings (SSSR count). The summed E-state index contributed by atoms with van der Waals surface area (Å²) in [6.45, 7) is 5.90. The van der Waals surface area contributed by atoms with Crippen molar-refractivity contribution in [3.05, 3.63) is 58.8 Å². The molecule has 2 fully saturated rings. The van der Waals surface area contributed by atoms with E-state index >= 15 is 0 Å². The van der Waals surface area contributed by atoms with Crippen molar-refractivity contribution in [2.45, 2.75) is 45.8 Å². The van der Waals surface area contributed by atoms with E-state index < -0.39 is 11.7 Å². The molecule has 0 unspecified atom stereocenters. The Labute approximate surface area is 201 Å². The van der Waals surface area contributed by atoms with Crippen LogP contribution in [0.5, 0.6) is 0 Å². The summed E-state index contributed by atoms with van der Waals surface area (Å²) in [5, 5.41) is 16.7. The number of benzene rings is 2. The van der Waals surface area contributed by atoms with Crippen molar-refractivity contribution in [3.63, 3.8) is 0 Å². The fraction of sp³-hybridized carbons (Fsp3) is 0.423. The van der Waals surface area contributed by atoms with Crippen LogP contribution in [0.3, 0.4) is 0 Å². The Morgan fingerprint density at radius 1 is 1.06 bits per heavy atom. The van der Waals surface area contributed by atoms with Crippen molar-refractivity contribution in [2.75, 3.05) is 29.9 Å². The van der Waals surface area contributed by atoms with Gasteiger partial charge >= 0.3 is 6.18 Å². The zero-order valence-electron chi connectivity index (χ0n) is 19.8. The van der Waals surface area contributed by atoms with E-state index in [0.717, 1.165) is 60.6 Å². The van der Waals surface area contributed by atoms with Crippen LogP contribution in [-0.4, -0.2) is 35.7 Å². The van der Waals surface area contributed by atoms with Crippen molar-refractivity contribution in [1.29, 1.82) is 0 Å². The van der Waals surface area contributed by atoms with Crippen LogP contribution in [0.4, 0.5) is 24.7 Å². The van der Waals surface area contributed by atoms with E-state index in [-0.39, 0.29) is 23.4 Å². The van der Waals surface area contributed by atoms with Crippen molar-refractivity contribution >= 4 is 28.2 Å². The largest absolute Gasteiger partial charge is 0.416 e. The van der Waals surface area contributed by atoms with Crippen molar-refractivity contribution in [3.8, 4) is 0 Å². The van der Waals surface area contributed by atoms with Gasteiger partial charge in [0.2, 0.25) is 5.91 Å². The lowest BCUT2D eigenvalue weighted by Gasteiger charge is -2.32. The van der Waals surface area contributed by atoms with Gasteiger partial charge in [-0.1, -0.05) is 18.2 Å². The molecule has 3 heterocycles. The van der Waals surface area contributed by atoms with Crippen LogP contribution in [0.15, 0.2) is 36.4 Å². The van der Waals surface area contributed by atoms with E-state index in [9.17, 15) is 18.0 Å². The van der Waals surface area contributed by atoms with Gasteiger partial charge in [-0.3, -0.25) is 4.79 Å². The van der Waals surface area contributed by atoms with Gasteiger partial charge in [-0.2, -0.15) is 18.3 Å². The molecule has 6 nitrogen and oxygen atoms in total. The lowest BCUT2D eigenvalue weighted by atomic mass is 9.77. The van der Waals surface area contributed by atoms with Crippen molar-refractivity contribution < 1.29 is 18.0 Å². The second kappa shape index (κ2) is 8.78. The molecule has 35 heavy (non-hydrogen) atoms. The number of alkyl halides is 3. The Hall–Kier alpha value is -3.20. The maximum absolute atomic E-state index is 13.4. The highest BCUT2D eigenvalue weighted by molar-refractivity contribution is 6.03. The third-order valence-electron chi connectivity index (χ3n) is 7.53. The summed E-state index contributed by atoms with van der Waals surface area (Å²) >= 11 is 0. The highest BCUT2D eigenvalue weighted by Crippen LogP contribution is 2.42. The predicted octanol–water partition coefficient (Wildman–Crippen LogP) is 4.98. The molecular weight excluding hydrogens is 455 g/mol. The monoisotopic (exact) mass is 483 g/mol. The summed E-state index contributed by atoms with van der Waals surface area (Å²) in [5.74, 6) is 0.652. The minimum atomic E-state index is -4.40. The molecule has 0 saturated carbocycles. The molecule has 2 N–H and O–H groups in total. The van der Waals surface area contributed by atoms with Gasteiger partial charge in [-0.15, -0.1) is 5.10 Å². The number of carbonyl (C=O) groups excluding carboxylic acids is 1. The number of hydrogen-bond acceptors (Lipinski definition) is 5. The number of carbonyl (C=O) groups is 1. The molecule has 1 aromatic heterocycles. The first kappa shape index (κ1) is 23.5. The Balaban J connectivity index is 1.45. The predicted molar refractivity (Wildman–Crippen MR) is 129 cm³/mol. The molecule has 2 aliphatic heterocycles. The maximum atomic E-state index is 13.4. The molecule has 2 saturated heterocycles. The summed E-state index contributed by atoms with van der Waals surface area (Å²) in [7, 11) is 0. The van der Waals surface area contributed by atoms with Crippen LogP contribution >= 0.6 is 0 Å². The highest BCUT2D eigenvalue weighted by Gasteiger charge is 2.47. The molecule has 9 heteroatoms. The Morgan fingerprint density at radius 3 is 2.57 bits per heavy atom. The van der Waals surface area contributed by atoms with Crippen LogP contribution in [0.25, 0.3) is 10.8 Å². The smallest absolute Gasteiger partial charge is 0.364 e. The van der Waals surface area contributed by atoms with Crippen LogP contribution in [0, 0.1) is 19.3 Å². The normalized spacial score (nSPS) is 18.0. The summed E-state index contributed by atoms with van der Waals surface area (Å²) in [5.41, 5.74) is 1.35. The third kappa shape index (κ3) is 4.22. The van der Waals surface area contributed by atoms with Gasteiger partial charge in [0.1, 0.15) is 0 Å². The van der Waals surface area contributed by atoms with E-state index in [4.69, 9.17) is 0 Å². The quantitative estimate of drug-likeness (QED) is 0.548. The number of halogens is 3. The van der Waals surface area contributed by atoms with Crippen molar-refractivity contribution in [1.82, 2.24) is 15.5 Å². The number of piperidine rings is 1. The van der Waals surface area contributed by atoms with Gasteiger partial charge in [0.25, 0.3) is 0 Å². The van der Waals surface area contributed by atoms with Crippen molar-refractivity contribution in [2.24, 2.45) is 5.41 Å². The molecule has 184 valence electrons. The van der Waals surface area contributed by atoms with E-state index in [1.807, 2.05) is 30.0 Å². The second-order valence-electron chi connectivity index (χ2n) is 9.54. The van der Waals surface area contributed by atoms with E-state index in [1.165, 1.54) is 13.0 Å². The number of aromatic nitrogens is 2. The average molecular weight is 484 g/mol. The Bertz CT molecular complexity index is 1280. The lowest BCUT2D eigenvalue weighted by molar-refractivity contribution is -0.138. The average Bonchev–Trinajstić information content (AvgIpc) is 3.14. The van der Waals surface area contributed by atoms with Gasteiger partial charge in [0, 0.05) is 29.5 Å². The van der Waals surface area contributed by atoms with Crippen LogP contribution in [0.2, 0.25) is 0 Å². The summed E-state index contributed by atoms with van der Waals surface area (Å²) in [6.07, 6.45) is -1.86. The molecule has 0 radical (unpaired) electrons. The fourth-order valence-corrected chi connectivity index (χ4v) is 5.37. The van der Waals surface area contributed by atoms with Gasteiger partial charge in [0.15, 0.2) is 5.82 Å². The number of aryl methyl sites for hydroxylation is 1. The zero-order valence-corrected chi connectivity index (χ0v) is 19.8. The maximum Gasteiger partial charge on any atom is 0.416 e. The van der Waals surface area contributed by atoms with E-state index in [1.54, 1.807) is 6.07 Å². The number of rotatable bonds is 4. The minimum Gasteiger partial charge on any atom is -0.364 e. The zero-order chi connectivity index (χ0) is 24.8. The highest BCUT2D eigenvalue weighted by atomic mass is 19.4. The molecular formula is C26H28F3N5O. The number of fused-ring (bicyclic) bond motifs is 1. The first-order valence-corrected chi connectivity index (χ1v) is 11.9. The minimum absolute atomic E-state index is 0.172. The van der Waals surface area contributed by atoms with Gasteiger partial charge in [0.05, 0.1) is 16.7 Å². The third-order valence-corrected chi connectivity index (χ3v) is 7.53. The number of nitrogens with one attached hydrogen (secondary N) is 2. The second-order valence-corrected chi connectivity index (χ2v) is 9.54. The van der Waals surface area contributed by atoms with Crippen LogP contribution < -0.4 is 15.5 Å². The fourth-order valence-electron chi connectivity index (χ4n) is 5.37. The molecule has 2 aliphatic rings. The number of nitrogens with zero attached hydrogens (tertiary/aromatic N) is 3. The first-order chi connectivity index (χ1) is 16.7.